The van der Waals surface area contributed by atoms with Gasteiger partial charge in [-0.1, -0.05) is 31.2 Å². The van der Waals surface area contributed by atoms with Gasteiger partial charge in [0.05, 0.1) is 16.9 Å². The number of hydrogen-bond donors (Lipinski definition) is 2. The Bertz CT molecular complexity index is 889. The smallest absolute Gasteiger partial charge is 0.258 e. The lowest BCUT2D eigenvalue weighted by Crippen LogP contribution is -2.15. The predicted molar refractivity (Wildman–Crippen MR) is 87.7 cm³/mol. The van der Waals surface area contributed by atoms with Gasteiger partial charge < -0.3 is 5.32 Å². The largest absolute Gasteiger partial charge is 0.318 e. The van der Waals surface area contributed by atoms with Crippen molar-refractivity contribution in [3.63, 3.8) is 0 Å². The number of carbonyl (C=O) groups is 1. The van der Waals surface area contributed by atoms with E-state index in [9.17, 15) is 13.6 Å². The summed E-state index contributed by atoms with van der Waals surface area (Å²) in [6, 6.07) is 11.6. The highest BCUT2D eigenvalue weighted by molar-refractivity contribution is 6.06. The minimum Gasteiger partial charge on any atom is -0.318 e. The summed E-state index contributed by atoms with van der Waals surface area (Å²) in [7, 11) is 0. The van der Waals surface area contributed by atoms with Crippen LogP contribution in [-0.2, 0) is 6.42 Å². The average Bonchev–Trinajstić information content (AvgIpc) is 2.97. The van der Waals surface area contributed by atoms with Crippen molar-refractivity contribution in [1.29, 1.82) is 0 Å². The molecule has 0 radical (unpaired) electrons. The molecular formula is C18H15F2N3O. The zero-order valence-electron chi connectivity index (χ0n) is 12.9. The van der Waals surface area contributed by atoms with Gasteiger partial charge in [0.15, 0.2) is 0 Å². The van der Waals surface area contributed by atoms with Crippen molar-refractivity contribution in [3.05, 3.63) is 71.4 Å². The molecule has 1 amide bonds. The molecule has 3 rings (SSSR count). The average molecular weight is 327 g/mol. The molecule has 3 aromatic rings. The Morgan fingerprint density at radius 1 is 1.17 bits per heavy atom. The first-order chi connectivity index (χ1) is 11.6. The maximum atomic E-state index is 13.8. The number of rotatable bonds is 4. The summed E-state index contributed by atoms with van der Waals surface area (Å²) >= 11 is 0. The van der Waals surface area contributed by atoms with Crippen molar-refractivity contribution in [3.8, 4) is 11.3 Å². The van der Waals surface area contributed by atoms with Gasteiger partial charge in [-0.2, -0.15) is 5.10 Å². The highest BCUT2D eigenvalue weighted by Crippen LogP contribution is 2.30. The Labute approximate surface area is 137 Å². The zero-order chi connectivity index (χ0) is 17.1. The van der Waals surface area contributed by atoms with Crippen LogP contribution >= 0.6 is 0 Å². The second-order valence-corrected chi connectivity index (χ2v) is 5.22. The molecule has 6 heteroatoms. The van der Waals surface area contributed by atoms with Crippen molar-refractivity contribution in [2.75, 3.05) is 5.32 Å². The number of aryl methyl sites for hydroxylation is 1. The molecule has 0 unspecified atom stereocenters. The molecule has 0 atom stereocenters. The molecule has 0 bridgehead atoms. The molecule has 1 aromatic heterocycles. The molecule has 2 aromatic carbocycles. The summed E-state index contributed by atoms with van der Waals surface area (Å²) in [5.74, 6) is -1.59. The highest BCUT2D eigenvalue weighted by Gasteiger charge is 2.19. The number of nitrogens with zero attached hydrogens (tertiary/aromatic N) is 1. The quantitative estimate of drug-likeness (QED) is 0.755. The molecule has 0 fully saturated rings. The first kappa shape index (κ1) is 15.9. The van der Waals surface area contributed by atoms with Crippen LogP contribution in [0.5, 0.6) is 0 Å². The number of anilines is 1. The minimum atomic E-state index is -0.608. The number of amides is 1. The fourth-order valence-corrected chi connectivity index (χ4v) is 2.44. The van der Waals surface area contributed by atoms with Gasteiger partial charge in [0.25, 0.3) is 5.91 Å². The van der Waals surface area contributed by atoms with Crippen molar-refractivity contribution < 1.29 is 13.6 Å². The van der Waals surface area contributed by atoms with E-state index in [1.165, 1.54) is 30.3 Å². The maximum absolute atomic E-state index is 13.8. The molecule has 0 spiro atoms. The lowest BCUT2D eigenvalue weighted by molar-refractivity contribution is 0.102. The van der Waals surface area contributed by atoms with Crippen molar-refractivity contribution in [1.82, 2.24) is 10.2 Å². The van der Waals surface area contributed by atoms with Gasteiger partial charge in [-0.15, -0.1) is 0 Å². The van der Waals surface area contributed by atoms with Crippen molar-refractivity contribution >= 4 is 11.6 Å². The molecular weight excluding hydrogens is 312 g/mol. The summed E-state index contributed by atoms with van der Waals surface area (Å²) < 4.78 is 27.3. The zero-order valence-corrected chi connectivity index (χ0v) is 12.9. The molecule has 4 nitrogen and oxygen atoms in total. The summed E-state index contributed by atoms with van der Waals surface area (Å²) in [4.78, 5) is 12.4. The summed E-state index contributed by atoms with van der Waals surface area (Å²) in [6.07, 6.45) is 0.579. The van der Waals surface area contributed by atoms with Crippen LogP contribution in [0.25, 0.3) is 11.3 Å². The number of H-pyrrole nitrogens is 1. The monoisotopic (exact) mass is 327 g/mol. The molecule has 2 N–H and O–H groups in total. The third-order valence-corrected chi connectivity index (χ3v) is 3.65. The normalized spacial score (nSPS) is 10.6. The molecule has 0 saturated carbocycles. The van der Waals surface area contributed by atoms with Crippen molar-refractivity contribution in [2.45, 2.75) is 13.3 Å². The van der Waals surface area contributed by atoms with Crippen LogP contribution in [0.4, 0.5) is 14.5 Å². The lowest BCUT2D eigenvalue weighted by Gasteiger charge is -2.08. The number of aromatic amines is 1. The van der Waals surface area contributed by atoms with E-state index in [0.29, 0.717) is 29.1 Å². The summed E-state index contributed by atoms with van der Waals surface area (Å²) in [5.41, 5.74) is 1.98. The number of hydrogen-bond acceptors (Lipinski definition) is 2. The second kappa shape index (κ2) is 6.62. The van der Waals surface area contributed by atoms with Gasteiger partial charge in [-0.05, 0) is 30.7 Å². The Hall–Kier alpha value is -3.02. The van der Waals surface area contributed by atoms with E-state index >= 15 is 0 Å². The molecule has 0 aliphatic carbocycles. The molecule has 1 heterocycles. The van der Waals surface area contributed by atoms with Crippen LogP contribution in [-0.4, -0.2) is 16.1 Å². The first-order valence-corrected chi connectivity index (χ1v) is 7.49. The van der Waals surface area contributed by atoms with Crippen LogP contribution < -0.4 is 5.32 Å². The third kappa shape index (κ3) is 3.03. The molecule has 0 aliphatic rings. The topological polar surface area (TPSA) is 57.8 Å². The van der Waals surface area contributed by atoms with E-state index in [4.69, 9.17) is 0 Å². The van der Waals surface area contributed by atoms with Gasteiger partial charge in [0, 0.05) is 5.56 Å². The summed E-state index contributed by atoms with van der Waals surface area (Å²) in [5, 5.41) is 9.69. The maximum Gasteiger partial charge on any atom is 0.258 e. The fraction of sp³-hybridized carbons (Fsp3) is 0.111. The molecule has 122 valence electrons. The van der Waals surface area contributed by atoms with Crippen molar-refractivity contribution in [2.24, 2.45) is 0 Å². The van der Waals surface area contributed by atoms with E-state index in [1.54, 1.807) is 18.2 Å². The van der Waals surface area contributed by atoms with Crippen LogP contribution in [0.3, 0.4) is 0 Å². The van der Waals surface area contributed by atoms with Gasteiger partial charge in [0.2, 0.25) is 0 Å². The molecule has 0 saturated heterocycles. The third-order valence-electron chi connectivity index (χ3n) is 3.65. The number of aromatic nitrogens is 2. The van der Waals surface area contributed by atoms with Gasteiger partial charge >= 0.3 is 0 Å². The fourth-order valence-electron chi connectivity index (χ4n) is 2.44. The predicted octanol–water partition coefficient (Wildman–Crippen LogP) is 4.17. The Morgan fingerprint density at radius 2 is 1.96 bits per heavy atom. The highest BCUT2D eigenvalue weighted by atomic mass is 19.1. The van der Waals surface area contributed by atoms with Gasteiger partial charge in [0.1, 0.15) is 17.3 Å². The second-order valence-electron chi connectivity index (χ2n) is 5.22. The Kier molecular flexibility index (Phi) is 4.37. The number of nitrogens with one attached hydrogen (secondary N) is 2. The van der Waals surface area contributed by atoms with Crippen LogP contribution in [0.15, 0.2) is 48.5 Å². The lowest BCUT2D eigenvalue weighted by atomic mass is 10.1. The standard InChI is InChI=1S/C18H15F2N3O/c1-2-15-17(21-18(24)13-8-3-4-9-14(13)20)16(23-22-15)11-6-5-7-12(19)10-11/h3-10H,2H2,1H3,(H,21,24)(H,22,23). The van der Waals surface area contributed by atoms with E-state index in [0.717, 1.165) is 0 Å². The Balaban J connectivity index is 2.00. The molecule has 24 heavy (non-hydrogen) atoms. The Morgan fingerprint density at radius 3 is 2.67 bits per heavy atom. The van der Waals surface area contributed by atoms with Gasteiger partial charge in [-0.3, -0.25) is 9.89 Å². The van der Waals surface area contributed by atoms with E-state index in [2.05, 4.69) is 15.5 Å². The first-order valence-electron chi connectivity index (χ1n) is 7.49. The van der Waals surface area contributed by atoms with Crippen LogP contribution in [0, 0.1) is 11.6 Å². The van der Waals surface area contributed by atoms with Gasteiger partial charge in [-0.25, -0.2) is 8.78 Å². The molecule has 0 aliphatic heterocycles. The van der Waals surface area contributed by atoms with E-state index in [-0.39, 0.29) is 5.56 Å². The van der Waals surface area contributed by atoms with Crippen LogP contribution in [0.1, 0.15) is 23.0 Å². The summed E-state index contributed by atoms with van der Waals surface area (Å²) in [6.45, 7) is 1.89. The SMILES string of the molecule is CCc1[nH]nc(-c2cccc(F)c2)c1NC(=O)c1ccccc1F. The van der Waals surface area contributed by atoms with E-state index in [1.807, 2.05) is 6.92 Å². The van der Waals surface area contributed by atoms with Crippen LogP contribution in [0.2, 0.25) is 0 Å². The van der Waals surface area contributed by atoms with E-state index < -0.39 is 17.5 Å². The number of carbonyl (C=O) groups excluding carboxylic acids is 1. The number of halogens is 2. The minimum absolute atomic E-state index is 0.0639. The number of benzene rings is 2.